The number of alkyl halides is 2. The lowest BCUT2D eigenvalue weighted by Gasteiger charge is -2.34. The average molecular weight is 503 g/mol. The summed E-state index contributed by atoms with van der Waals surface area (Å²) in [4.78, 5) is 24.6. The lowest BCUT2D eigenvalue weighted by atomic mass is 10.00. The molecule has 0 unspecified atom stereocenters. The molecule has 182 valence electrons. The maximum absolute atomic E-state index is 14.7. The van der Waals surface area contributed by atoms with E-state index in [1.54, 1.807) is 0 Å². The lowest BCUT2D eigenvalue weighted by molar-refractivity contribution is -0.191. The van der Waals surface area contributed by atoms with Gasteiger partial charge in [0.15, 0.2) is 29.0 Å². The predicted octanol–water partition coefficient (Wildman–Crippen LogP) is 5.62. The quantitative estimate of drug-likeness (QED) is 0.202. The van der Waals surface area contributed by atoms with Crippen LogP contribution in [0.25, 0.3) is 11.1 Å². The van der Waals surface area contributed by atoms with E-state index >= 15 is 0 Å². The summed E-state index contributed by atoms with van der Waals surface area (Å²) >= 11 is 0. The van der Waals surface area contributed by atoms with Gasteiger partial charge in [0, 0.05) is 11.6 Å². The highest BCUT2D eigenvalue weighted by molar-refractivity contribution is 6.08. The molecule has 1 aliphatic heterocycles. The predicted molar refractivity (Wildman–Crippen MR) is 102 cm³/mol. The molecule has 0 spiro atoms. The Morgan fingerprint density at radius 3 is 2.11 bits per heavy atom. The average Bonchev–Trinajstić information content (AvgIpc) is 2.82. The van der Waals surface area contributed by atoms with Crippen LogP contribution in [0.3, 0.4) is 0 Å². The molecule has 1 amide bonds. The van der Waals surface area contributed by atoms with Crippen molar-refractivity contribution in [3.63, 3.8) is 0 Å². The van der Waals surface area contributed by atoms with Gasteiger partial charge in [-0.25, -0.2) is 31.1 Å². The Labute approximate surface area is 190 Å². The molecule has 0 radical (unpaired) electrons. The number of hydrogen-bond donors (Lipinski definition) is 0. The molecule has 0 saturated heterocycles. The van der Waals surface area contributed by atoms with Crippen LogP contribution < -0.4 is 9.64 Å². The van der Waals surface area contributed by atoms with Crippen LogP contribution in [0.2, 0.25) is 0 Å². The zero-order chi connectivity index (χ0) is 25.8. The number of carbonyl (C=O) groups excluding carboxylic acids is 2. The SMILES string of the molecule is COC(=O)c1cccc(N2C(=O)C(F)(F)Oc3cc(F)c(-c4c(F)c(F)c(F)c(F)c4F)cc32)c1. The number of benzene rings is 3. The zero-order valence-corrected chi connectivity index (χ0v) is 17.1. The van der Waals surface area contributed by atoms with Gasteiger partial charge in [-0.05, 0) is 24.3 Å². The van der Waals surface area contributed by atoms with Crippen LogP contribution in [0.15, 0.2) is 36.4 Å². The van der Waals surface area contributed by atoms with E-state index in [0.717, 1.165) is 19.2 Å². The third-order valence-electron chi connectivity index (χ3n) is 4.98. The molecule has 4 rings (SSSR count). The zero-order valence-electron chi connectivity index (χ0n) is 17.1. The minimum Gasteiger partial charge on any atom is -0.465 e. The van der Waals surface area contributed by atoms with Crippen LogP contribution in [0.4, 0.5) is 46.5 Å². The molecule has 35 heavy (non-hydrogen) atoms. The molecule has 1 aliphatic rings. The van der Waals surface area contributed by atoms with Gasteiger partial charge < -0.3 is 9.47 Å². The van der Waals surface area contributed by atoms with Crippen molar-refractivity contribution >= 4 is 23.3 Å². The molecule has 3 aromatic rings. The topological polar surface area (TPSA) is 55.8 Å². The van der Waals surface area contributed by atoms with Gasteiger partial charge in [-0.1, -0.05) is 6.07 Å². The van der Waals surface area contributed by atoms with Crippen molar-refractivity contribution in [2.24, 2.45) is 0 Å². The Hall–Kier alpha value is -4.16. The maximum atomic E-state index is 14.7. The molecule has 1 heterocycles. The highest BCUT2D eigenvalue weighted by atomic mass is 19.3. The van der Waals surface area contributed by atoms with E-state index in [4.69, 9.17) is 0 Å². The minimum atomic E-state index is -4.55. The first-order valence-corrected chi connectivity index (χ1v) is 9.34. The first-order valence-electron chi connectivity index (χ1n) is 9.34. The number of fused-ring (bicyclic) bond motifs is 1. The summed E-state index contributed by atoms with van der Waals surface area (Å²) in [5.41, 5.74) is -4.28. The normalized spacial score (nSPS) is 14.4. The molecule has 0 N–H and O–H groups in total. The fourth-order valence-corrected chi connectivity index (χ4v) is 3.40. The molecule has 0 aromatic heterocycles. The van der Waals surface area contributed by atoms with E-state index in [9.17, 15) is 44.7 Å². The van der Waals surface area contributed by atoms with E-state index in [2.05, 4.69) is 9.47 Å². The van der Waals surface area contributed by atoms with E-state index in [0.29, 0.717) is 6.07 Å². The van der Waals surface area contributed by atoms with Crippen LogP contribution >= 0.6 is 0 Å². The van der Waals surface area contributed by atoms with Gasteiger partial charge in [0.1, 0.15) is 5.82 Å². The van der Waals surface area contributed by atoms with Crippen LogP contribution in [-0.2, 0) is 9.53 Å². The molecule has 5 nitrogen and oxygen atoms in total. The molecule has 0 saturated carbocycles. The summed E-state index contributed by atoms with van der Waals surface area (Å²) in [5, 5.41) is 0. The van der Waals surface area contributed by atoms with Gasteiger partial charge >= 0.3 is 18.0 Å². The van der Waals surface area contributed by atoms with Crippen molar-refractivity contribution in [2.75, 3.05) is 12.0 Å². The van der Waals surface area contributed by atoms with Crippen molar-refractivity contribution < 1.29 is 54.2 Å². The maximum Gasteiger partial charge on any atom is 0.483 e. The molecule has 0 atom stereocenters. The number of halogens is 8. The highest BCUT2D eigenvalue weighted by Crippen LogP contribution is 2.47. The van der Waals surface area contributed by atoms with Crippen molar-refractivity contribution in [1.82, 2.24) is 0 Å². The number of anilines is 2. The Morgan fingerprint density at radius 1 is 0.914 bits per heavy atom. The van der Waals surface area contributed by atoms with Gasteiger partial charge in [-0.15, -0.1) is 0 Å². The molecule has 0 aliphatic carbocycles. The fraction of sp³-hybridized carbons (Fsp3) is 0.0909. The Morgan fingerprint density at radius 2 is 1.51 bits per heavy atom. The van der Waals surface area contributed by atoms with Gasteiger partial charge in [0.25, 0.3) is 0 Å². The van der Waals surface area contributed by atoms with Crippen LogP contribution in [0, 0.1) is 34.9 Å². The van der Waals surface area contributed by atoms with Gasteiger partial charge in [-0.3, -0.25) is 9.69 Å². The van der Waals surface area contributed by atoms with Crippen molar-refractivity contribution in [1.29, 1.82) is 0 Å². The second-order valence-corrected chi connectivity index (χ2v) is 7.05. The first-order chi connectivity index (χ1) is 16.4. The molecule has 13 heteroatoms. The minimum absolute atomic E-state index is 0.195. The van der Waals surface area contributed by atoms with Crippen molar-refractivity contribution in [3.8, 4) is 16.9 Å². The largest absolute Gasteiger partial charge is 0.483 e. The van der Waals surface area contributed by atoms with Gasteiger partial charge in [0.2, 0.25) is 5.82 Å². The van der Waals surface area contributed by atoms with Gasteiger partial charge in [0.05, 0.1) is 29.6 Å². The number of esters is 1. The second-order valence-electron chi connectivity index (χ2n) is 7.05. The smallest absolute Gasteiger partial charge is 0.465 e. The third-order valence-corrected chi connectivity index (χ3v) is 4.98. The van der Waals surface area contributed by atoms with E-state index < -0.39 is 81.1 Å². The Balaban J connectivity index is 2.00. The molecule has 3 aromatic carbocycles. The summed E-state index contributed by atoms with van der Waals surface area (Å²) in [6, 6.07) is 5.01. The fourth-order valence-electron chi connectivity index (χ4n) is 3.40. The summed E-state index contributed by atoms with van der Waals surface area (Å²) in [5.74, 6) is -17.7. The van der Waals surface area contributed by atoms with Crippen LogP contribution in [0.5, 0.6) is 5.75 Å². The number of methoxy groups -OCH3 is 1. The standard InChI is InChI=1S/C22H9F8NO4/c1-34-20(32)8-3-2-4-9(5-8)31-12-6-10(11(23)7-13(12)35-22(29,30)21(31)33)14-15(24)17(26)19(28)18(27)16(14)25/h2-7H,1H3. The number of amides is 1. The number of carbonyl (C=O) groups is 2. The molecule has 0 fully saturated rings. The lowest BCUT2D eigenvalue weighted by Crippen LogP contribution is -2.48. The molecular formula is C22H9F8NO4. The number of rotatable bonds is 3. The van der Waals surface area contributed by atoms with E-state index in [1.165, 1.54) is 12.1 Å². The highest BCUT2D eigenvalue weighted by Gasteiger charge is 2.51. The van der Waals surface area contributed by atoms with Gasteiger partial charge in [-0.2, -0.15) is 8.78 Å². The third kappa shape index (κ3) is 3.72. The molecule has 0 bridgehead atoms. The van der Waals surface area contributed by atoms with Crippen molar-refractivity contribution in [3.05, 3.63) is 76.9 Å². The van der Waals surface area contributed by atoms with E-state index in [-0.39, 0.29) is 16.5 Å². The summed E-state index contributed by atoms with van der Waals surface area (Å²) in [7, 11) is 1.03. The summed E-state index contributed by atoms with van der Waals surface area (Å²) in [6.07, 6.45) is -4.55. The second kappa shape index (κ2) is 8.25. The number of hydrogen-bond acceptors (Lipinski definition) is 4. The number of nitrogens with zero attached hydrogens (tertiary/aromatic N) is 1. The Kier molecular flexibility index (Phi) is 5.65. The number of ether oxygens (including phenoxy) is 2. The van der Waals surface area contributed by atoms with Crippen LogP contribution in [0.1, 0.15) is 10.4 Å². The van der Waals surface area contributed by atoms with Crippen molar-refractivity contribution in [2.45, 2.75) is 6.11 Å². The van der Waals surface area contributed by atoms with Crippen LogP contribution in [-0.4, -0.2) is 25.1 Å². The van der Waals surface area contributed by atoms with E-state index in [1.807, 2.05) is 0 Å². The molecular weight excluding hydrogens is 494 g/mol. The summed E-state index contributed by atoms with van der Waals surface area (Å²) < 4.78 is 122. The Bertz CT molecular complexity index is 1380. The first kappa shape index (κ1) is 24.0. The monoisotopic (exact) mass is 503 g/mol. The summed E-state index contributed by atoms with van der Waals surface area (Å²) in [6.45, 7) is 0.